The van der Waals surface area contributed by atoms with E-state index in [1.165, 1.54) is 36.7 Å². The molecular formula is C24H21FN4O3. The molecule has 3 amide bonds. The standard InChI is InChI=1S/C24H21FN4O3/c1-3-19-20(25)6-5-7-21(19)29-24(31)28-15-16-8-10-17(11-9-16)32-18-12-13-27-22(14-18)23(30)26-4-2/h3-14H,1-2,15H2,(H,26,30)(H2,28,29,31). The van der Waals surface area contributed by atoms with Crippen LogP contribution in [0, 0.1) is 5.82 Å². The van der Waals surface area contributed by atoms with Gasteiger partial charge in [0.15, 0.2) is 0 Å². The molecule has 0 saturated carbocycles. The molecule has 1 heterocycles. The zero-order valence-corrected chi connectivity index (χ0v) is 17.1. The summed E-state index contributed by atoms with van der Waals surface area (Å²) in [6.45, 7) is 7.26. The molecule has 162 valence electrons. The van der Waals surface area contributed by atoms with Gasteiger partial charge in [-0.25, -0.2) is 9.18 Å². The second kappa shape index (κ2) is 10.5. The Morgan fingerprint density at radius 3 is 2.56 bits per heavy atom. The van der Waals surface area contributed by atoms with E-state index < -0.39 is 11.8 Å². The number of rotatable bonds is 8. The van der Waals surface area contributed by atoms with Crippen LogP contribution in [-0.4, -0.2) is 16.9 Å². The van der Waals surface area contributed by atoms with E-state index in [1.54, 1.807) is 36.4 Å². The smallest absolute Gasteiger partial charge is 0.319 e. The van der Waals surface area contributed by atoms with Gasteiger partial charge in [0.25, 0.3) is 5.91 Å². The average molecular weight is 432 g/mol. The number of halogens is 1. The van der Waals surface area contributed by atoms with Crippen LogP contribution >= 0.6 is 0 Å². The van der Waals surface area contributed by atoms with Crippen LogP contribution in [0.25, 0.3) is 6.08 Å². The number of ether oxygens (including phenoxy) is 1. The monoisotopic (exact) mass is 432 g/mol. The zero-order valence-electron chi connectivity index (χ0n) is 17.1. The summed E-state index contributed by atoms with van der Waals surface area (Å²) in [4.78, 5) is 28.0. The fourth-order valence-electron chi connectivity index (χ4n) is 2.78. The number of hydrogen-bond donors (Lipinski definition) is 3. The summed E-state index contributed by atoms with van der Waals surface area (Å²) in [7, 11) is 0. The molecule has 3 rings (SSSR count). The summed E-state index contributed by atoms with van der Waals surface area (Å²) in [6, 6.07) is 14.1. The van der Waals surface area contributed by atoms with Gasteiger partial charge < -0.3 is 20.7 Å². The number of carbonyl (C=O) groups is 2. The Bertz CT molecular complexity index is 1150. The Morgan fingerprint density at radius 2 is 1.84 bits per heavy atom. The highest BCUT2D eigenvalue weighted by molar-refractivity contribution is 5.93. The summed E-state index contributed by atoms with van der Waals surface area (Å²) in [5, 5.41) is 7.77. The van der Waals surface area contributed by atoms with Gasteiger partial charge in [0, 0.05) is 24.4 Å². The van der Waals surface area contributed by atoms with Crippen LogP contribution in [-0.2, 0) is 6.54 Å². The van der Waals surface area contributed by atoms with Gasteiger partial charge in [0.2, 0.25) is 0 Å². The summed E-state index contributed by atoms with van der Waals surface area (Å²) in [6.07, 6.45) is 4.10. The van der Waals surface area contributed by atoms with E-state index >= 15 is 0 Å². The number of carbonyl (C=O) groups excluding carboxylic acids is 2. The maximum Gasteiger partial charge on any atom is 0.319 e. The Morgan fingerprint density at radius 1 is 1.06 bits per heavy atom. The number of amides is 3. The van der Waals surface area contributed by atoms with Crippen molar-refractivity contribution in [1.29, 1.82) is 0 Å². The number of anilines is 1. The van der Waals surface area contributed by atoms with Crippen LogP contribution in [0.3, 0.4) is 0 Å². The Hall–Kier alpha value is -4.46. The van der Waals surface area contributed by atoms with Gasteiger partial charge in [-0.3, -0.25) is 9.78 Å². The highest BCUT2D eigenvalue weighted by Gasteiger charge is 2.09. The van der Waals surface area contributed by atoms with E-state index in [9.17, 15) is 14.0 Å². The maximum atomic E-state index is 13.8. The number of urea groups is 1. The fourth-order valence-corrected chi connectivity index (χ4v) is 2.78. The van der Waals surface area contributed by atoms with E-state index in [4.69, 9.17) is 4.74 Å². The minimum atomic E-state index is -0.471. The first-order chi connectivity index (χ1) is 15.5. The molecule has 3 N–H and O–H groups in total. The van der Waals surface area contributed by atoms with Crippen LogP contribution in [0.2, 0.25) is 0 Å². The summed E-state index contributed by atoms with van der Waals surface area (Å²) in [5.74, 6) is 0.155. The van der Waals surface area contributed by atoms with Gasteiger partial charge in [0.1, 0.15) is 23.0 Å². The molecule has 7 nitrogen and oxygen atoms in total. The van der Waals surface area contributed by atoms with E-state index in [0.717, 1.165) is 5.56 Å². The highest BCUT2D eigenvalue weighted by Crippen LogP contribution is 2.22. The Kier molecular flexibility index (Phi) is 7.32. The molecule has 0 aliphatic carbocycles. The lowest BCUT2D eigenvalue weighted by Crippen LogP contribution is -2.28. The molecule has 1 aromatic heterocycles. The van der Waals surface area contributed by atoms with Crippen LogP contribution in [0.1, 0.15) is 21.6 Å². The Labute approximate surface area is 184 Å². The number of benzene rings is 2. The lowest BCUT2D eigenvalue weighted by Gasteiger charge is -2.11. The predicted molar refractivity (Wildman–Crippen MR) is 121 cm³/mol. The number of hydrogen-bond acceptors (Lipinski definition) is 4. The number of aromatic nitrogens is 1. The summed E-state index contributed by atoms with van der Waals surface area (Å²) >= 11 is 0. The van der Waals surface area contributed by atoms with E-state index in [0.29, 0.717) is 17.2 Å². The molecule has 0 bridgehead atoms. The molecule has 8 heteroatoms. The summed E-state index contributed by atoms with van der Waals surface area (Å²) < 4.78 is 19.5. The van der Waals surface area contributed by atoms with Crippen molar-refractivity contribution < 1.29 is 18.7 Å². The molecule has 0 saturated heterocycles. The van der Waals surface area contributed by atoms with Gasteiger partial charge in [-0.1, -0.05) is 37.4 Å². The van der Waals surface area contributed by atoms with Crippen LogP contribution < -0.4 is 20.7 Å². The molecule has 0 radical (unpaired) electrons. The van der Waals surface area contributed by atoms with Crippen molar-refractivity contribution in [2.24, 2.45) is 0 Å². The van der Waals surface area contributed by atoms with Gasteiger partial charge in [-0.2, -0.15) is 0 Å². The molecular weight excluding hydrogens is 411 g/mol. The zero-order chi connectivity index (χ0) is 22.9. The van der Waals surface area contributed by atoms with Crippen LogP contribution in [0.4, 0.5) is 14.9 Å². The second-order valence-electron chi connectivity index (χ2n) is 6.51. The molecule has 32 heavy (non-hydrogen) atoms. The third kappa shape index (κ3) is 5.79. The Balaban J connectivity index is 1.56. The molecule has 2 aromatic carbocycles. The number of nitrogens with one attached hydrogen (secondary N) is 3. The first-order valence-electron chi connectivity index (χ1n) is 9.60. The van der Waals surface area contributed by atoms with Crippen molar-refractivity contribution in [2.45, 2.75) is 6.54 Å². The average Bonchev–Trinajstić information content (AvgIpc) is 2.79. The van der Waals surface area contributed by atoms with Crippen molar-refractivity contribution in [2.75, 3.05) is 5.32 Å². The number of nitrogens with zero attached hydrogens (tertiary/aromatic N) is 1. The van der Waals surface area contributed by atoms with Gasteiger partial charge in [-0.05, 0) is 42.1 Å². The van der Waals surface area contributed by atoms with Gasteiger partial charge >= 0.3 is 6.03 Å². The molecule has 0 atom stereocenters. The quantitative estimate of drug-likeness (QED) is 0.474. The largest absolute Gasteiger partial charge is 0.457 e. The van der Waals surface area contributed by atoms with Gasteiger partial charge in [0.05, 0.1) is 5.69 Å². The van der Waals surface area contributed by atoms with E-state index in [2.05, 4.69) is 34.1 Å². The third-order valence-corrected chi connectivity index (χ3v) is 4.31. The first-order valence-corrected chi connectivity index (χ1v) is 9.60. The topological polar surface area (TPSA) is 92.4 Å². The van der Waals surface area contributed by atoms with Gasteiger partial charge in [-0.15, -0.1) is 0 Å². The molecule has 0 unspecified atom stereocenters. The normalized spacial score (nSPS) is 10.0. The van der Waals surface area contributed by atoms with E-state index in [-0.39, 0.29) is 23.7 Å². The molecule has 0 aliphatic rings. The maximum absolute atomic E-state index is 13.8. The van der Waals surface area contributed by atoms with Crippen molar-refractivity contribution in [1.82, 2.24) is 15.6 Å². The lowest BCUT2D eigenvalue weighted by molar-refractivity contribution is 0.0965. The van der Waals surface area contributed by atoms with Crippen LogP contribution in [0.5, 0.6) is 11.5 Å². The van der Waals surface area contributed by atoms with Crippen molar-refractivity contribution >= 4 is 23.7 Å². The minimum Gasteiger partial charge on any atom is -0.457 e. The molecule has 0 spiro atoms. The SMILES string of the molecule is C=CNC(=O)c1cc(Oc2ccc(CNC(=O)Nc3cccc(F)c3C=C)cc2)ccn1. The van der Waals surface area contributed by atoms with Crippen molar-refractivity contribution in [3.63, 3.8) is 0 Å². The predicted octanol–water partition coefficient (Wildman–Crippen LogP) is 4.85. The van der Waals surface area contributed by atoms with Crippen molar-refractivity contribution in [3.05, 3.63) is 103 Å². The highest BCUT2D eigenvalue weighted by atomic mass is 19.1. The number of pyridine rings is 1. The molecule has 0 aliphatic heterocycles. The van der Waals surface area contributed by atoms with E-state index in [1.807, 2.05) is 0 Å². The lowest BCUT2D eigenvalue weighted by atomic mass is 10.1. The molecule has 3 aromatic rings. The molecule has 0 fully saturated rings. The fraction of sp³-hybridized carbons (Fsp3) is 0.0417. The van der Waals surface area contributed by atoms with Crippen LogP contribution in [0.15, 0.2) is 80.2 Å². The first kappa shape index (κ1) is 22.2. The summed E-state index contributed by atoms with van der Waals surface area (Å²) in [5.41, 5.74) is 1.59. The van der Waals surface area contributed by atoms with Crippen molar-refractivity contribution in [3.8, 4) is 11.5 Å². The second-order valence-corrected chi connectivity index (χ2v) is 6.51. The third-order valence-electron chi connectivity index (χ3n) is 4.31. The minimum absolute atomic E-state index is 0.201.